The van der Waals surface area contributed by atoms with E-state index in [1.54, 1.807) is 0 Å². The molecule has 0 bridgehead atoms. The first kappa shape index (κ1) is 15.6. The lowest BCUT2D eigenvalue weighted by Gasteiger charge is -2.20. The van der Waals surface area contributed by atoms with Crippen molar-refractivity contribution in [2.45, 2.75) is 45.9 Å². The van der Waals surface area contributed by atoms with Gasteiger partial charge in [-0.2, -0.15) is 5.10 Å². The molecule has 0 saturated heterocycles. The maximum absolute atomic E-state index is 5.67. The fourth-order valence-electron chi connectivity index (χ4n) is 2.34. The van der Waals surface area contributed by atoms with Crippen molar-refractivity contribution in [2.24, 2.45) is 7.05 Å². The number of rotatable bonds is 6. The van der Waals surface area contributed by atoms with Gasteiger partial charge in [-0.15, -0.1) is 0 Å². The van der Waals surface area contributed by atoms with Crippen LogP contribution in [-0.2, 0) is 7.05 Å². The summed E-state index contributed by atoms with van der Waals surface area (Å²) in [6, 6.07) is 8.83. The van der Waals surface area contributed by atoms with Gasteiger partial charge in [0.15, 0.2) is 0 Å². The molecule has 0 aliphatic heterocycles. The second-order valence-corrected chi connectivity index (χ2v) is 5.79. The fraction of sp³-hybridized carbons (Fsp3) is 0.471. The third kappa shape index (κ3) is 4.33. The number of nitrogens with zero attached hydrogens (tertiary/aromatic N) is 2. The normalized spacial score (nSPS) is 14.2. The van der Waals surface area contributed by atoms with Crippen LogP contribution in [0.5, 0.6) is 5.75 Å². The molecule has 2 unspecified atom stereocenters. The molecule has 0 fully saturated rings. The van der Waals surface area contributed by atoms with E-state index < -0.39 is 0 Å². The minimum absolute atomic E-state index is 0.206. The number of aromatic nitrogens is 2. The maximum atomic E-state index is 5.67. The van der Waals surface area contributed by atoms with Gasteiger partial charge in [0.2, 0.25) is 0 Å². The molecule has 1 aromatic heterocycles. The zero-order valence-corrected chi connectivity index (χ0v) is 13.5. The van der Waals surface area contributed by atoms with Gasteiger partial charge in [0, 0.05) is 30.9 Å². The molecule has 4 heteroatoms. The Labute approximate surface area is 127 Å². The van der Waals surface area contributed by atoms with Gasteiger partial charge >= 0.3 is 0 Å². The minimum atomic E-state index is 0.206. The highest BCUT2D eigenvalue weighted by Crippen LogP contribution is 2.21. The largest absolute Gasteiger partial charge is 0.491 e. The van der Waals surface area contributed by atoms with Crippen molar-refractivity contribution in [2.75, 3.05) is 0 Å². The highest BCUT2D eigenvalue weighted by atomic mass is 16.5. The van der Waals surface area contributed by atoms with Crippen LogP contribution in [0.1, 0.15) is 50.9 Å². The van der Waals surface area contributed by atoms with Gasteiger partial charge in [-0.3, -0.25) is 4.68 Å². The monoisotopic (exact) mass is 287 g/mol. The SMILES string of the molecule is CC(C)Oc1ccc(C(C)NC(C)c2cnn(C)c2)cc1. The van der Waals surface area contributed by atoms with E-state index in [9.17, 15) is 0 Å². The van der Waals surface area contributed by atoms with Crippen LogP contribution in [0.15, 0.2) is 36.7 Å². The predicted molar refractivity (Wildman–Crippen MR) is 85.4 cm³/mol. The average molecular weight is 287 g/mol. The van der Waals surface area contributed by atoms with E-state index >= 15 is 0 Å². The zero-order chi connectivity index (χ0) is 15.4. The Morgan fingerprint density at radius 3 is 2.14 bits per heavy atom. The highest BCUT2D eigenvalue weighted by Gasteiger charge is 2.12. The third-order valence-corrected chi connectivity index (χ3v) is 3.48. The molecule has 0 spiro atoms. The Kier molecular flexibility index (Phi) is 5.02. The molecule has 0 amide bonds. The van der Waals surface area contributed by atoms with Crippen molar-refractivity contribution in [3.8, 4) is 5.75 Å². The van der Waals surface area contributed by atoms with Crippen molar-refractivity contribution >= 4 is 0 Å². The molecule has 2 rings (SSSR count). The van der Waals surface area contributed by atoms with Crippen LogP contribution in [0.25, 0.3) is 0 Å². The Bertz CT molecular complexity index is 560. The fourth-order valence-corrected chi connectivity index (χ4v) is 2.34. The summed E-state index contributed by atoms with van der Waals surface area (Å²) in [5.74, 6) is 0.918. The predicted octanol–water partition coefficient (Wildman–Crippen LogP) is 3.62. The number of ether oxygens (including phenoxy) is 1. The minimum Gasteiger partial charge on any atom is -0.491 e. The molecule has 2 atom stereocenters. The number of benzene rings is 1. The van der Waals surface area contributed by atoms with Gasteiger partial charge in [-0.1, -0.05) is 12.1 Å². The van der Waals surface area contributed by atoms with E-state index in [4.69, 9.17) is 4.74 Å². The summed E-state index contributed by atoms with van der Waals surface area (Å²) < 4.78 is 7.50. The van der Waals surface area contributed by atoms with Gasteiger partial charge in [0.05, 0.1) is 12.3 Å². The first-order valence-corrected chi connectivity index (χ1v) is 7.47. The summed E-state index contributed by atoms with van der Waals surface area (Å²) in [6.07, 6.45) is 4.16. The molecule has 0 radical (unpaired) electrons. The number of aryl methyl sites for hydroxylation is 1. The molecule has 0 aliphatic rings. The van der Waals surface area contributed by atoms with Gasteiger partial charge in [-0.25, -0.2) is 0 Å². The molecular formula is C17H25N3O. The van der Waals surface area contributed by atoms with Crippen LogP contribution in [0, 0.1) is 0 Å². The topological polar surface area (TPSA) is 39.1 Å². The van der Waals surface area contributed by atoms with Crippen LogP contribution in [0.2, 0.25) is 0 Å². The Morgan fingerprint density at radius 1 is 1.00 bits per heavy atom. The van der Waals surface area contributed by atoms with E-state index in [0.29, 0.717) is 0 Å². The molecule has 1 N–H and O–H groups in total. The highest BCUT2D eigenvalue weighted by molar-refractivity contribution is 5.29. The van der Waals surface area contributed by atoms with Crippen molar-refractivity contribution < 1.29 is 4.74 Å². The smallest absolute Gasteiger partial charge is 0.119 e. The summed E-state index contributed by atoms with van der Waals surface area (Å²) in [5.41, 5.74) is 2.45. The summed E-state index contributed by atoms with van der Waals surface area (Å²) in [5, 5.41) is 7.81. The number of hydrogen-bond acceptors (Lipinski definition) is 3. The maximum Gasteiger partial charge on any atom is 0.119 e. The number of nitrogens with one attached hydrogen (secondary N) is 1. The summed E-state index contributed by atoms with van der Waals surface area (Å²) in [4.78, 5) is 0. The second kappa shape index (κ2) is 6.76. The third-order valence-electron chi connectivity index (χ3n) is 3.48. The van der Waals surface area contributed by atoms with E-state index in [1.165, 1.54) is 11.1 Å². The molecule has 114 valence electrons. The second-order valence-electron chi connectivity index (χ2n) is 5.79. The molecule has 0 saturated carbocycles. The van der Waals surface area contributed by atoms with E-state index in [-0.39, 0.29) is 18.2 Å². The summed E-state index contributed by atoms with van der Waals surface area (Å²) in [6.45, 7) is 8.40. The Morgan fingerprint density at radius 2 is 1.62 bits per heavy atom. The van der Waals surface area contributed by atoms with Gasteiger partial charge in [-0.05, 0) is 45.4 Å². The summed E-state index contributed by atoms with van der Waals surface area (Å²) in [7, 11) is 1.94. The van der Waals surface area contributed by atoms with Crippen LogP contribution >= 0.6 is 0 Å². The molecule has 1 heterocycles. The zero-order valence-electron chi connectivity index (χ0n) is 13.5. The standard InChI is InChI=1S/C17H25N3O/c1-12(2)21-17-8-6-15(7-9-17)13(3)19-14(4)16-10-18-20(5)11-16/h6-14,19H,1-5H3. The van der Waals surface area contributed by atoms with E-state index in [0.717, 1.165) is 5.75 Å². The summed E-state index contributed by atoms with van der Waals surface area (Å²) >= 11 is 0. The van der Waals surface area contributed by atoms with Crippen molar-refractivity contribution in [1.29, 1.82) is 0 Å². The first-order chi connectivity index (χ1) is 9.95. The van der Waals surface area contributed by atoms with Crippen LogP contribution in [-0.4, -0.2) is 15.9 Å². The average Bonchev–Trinajstić information content (AvgIpc) is 2.85. The molecular weight excluding hydrogens is 262 g/mol. The van der Waals surface area contributed by atoms with Crippen molar-refractivity contribution in [1.82, 2.24) is 15.1 Å². The first-order valence-electron chi connectivity index (χ1n) is 7.47. The van der Waals surface area contributed by atoms with E-state index in [2.05, 4.69) is 36.4 Å². The molecule has 2 aromatic rings. The van der Waals surface area contributed by atoms with Crippen LogP contribution < -0.4 is 10.1 Å². The van der Waals surface area contributed by atoms with Gasteiger partial charge < -0.3 is 10.1 Å². The Balaban J connectivity index is 1.98. The van der Waals surface area contributed by atoms with Crippen molar-refractivity contribution in [3.05, 3.63) is 47.8 Å². The lowest BCUT2D eigenvalue weighted by Crippen LogP contribution is -2.22. The number of hydrogen-bond donors (Lipinski definition) is 1. The lowest BCUT2D eigenvalue weighted by atomic mass is 10.1. The lowest BCUT2D eigenvalue weighted by molar-refractivity contribution is 0.242. The van der Waals surface area contributed by atoms with Gasteiger partial charge in [0.25, 0.3) is 0 Å². The molecule has 1 aromatic carbocycles. The molecule has 0 aliphatic carbocycles. The quantitative estimate of drug-likeness (QED) is 0.882. The Hall–Kier alpha value is -1.81. The van der Waals surface area contributed by atoms with E-state index in [1.807, 2.05) is 50.1 Å². The van der Waals surface area contributed by atoms with Crippen LogP contribution in [0.3, 0.4) is 0 Å². The van der Waals surface area contributed by atoms with Crippen LogP contribution in [0.4, 0.5) is 0 Å². The van der Waals surface area contributed by atoms with Crippen molar-refractivity contribution in [3.63, 3.8) is 0 Å². The molecule has 21 heavy (non-hydrogen) atoms. The molecule has 4 nitrogen and oxygen atoms in total. The van der Waals surface area contributed by atoms with Gasteiger partial charge in [0.1, 0.15) is 5.75 Å².